The second-order valence-corrected chi connectivity index (χ2v) is 6.78. The average molecular weight is 364 g/mol. The fraction of sp³-hybridized carbons (Fsp3) is 0.200. The average Bonchev–Trinajstić information content (AvgIpc) is 2.89. The Kier molecular flexibility index (Phi) is 3.62. The minimum Gasteiger partial charge on any atom is -0.450 e. The van der Waals surface area contributed by atoms with Crippen LogP contribution in [0.5, 0.6) is 0 Å². The molecule has 1 aromatic heterocycles. The lowest BCUT2D eigenvalue weighted by Gasteiger charge is -2.20. The van der Waals surface area contributed by atoms with Crippen LogP contribution in [0.2, 0.25) is 0 Å². The maximum Gasteiger partial charge on any atom is 0.290 e. The van der Waals surface area contributed by atoms with Crippen LogP contribution in [-0.4, -0.2) is 22.8 Å². The molecule has 0 saturated heterocycles. The first-order valence-electron chi connectivity index (χ1n) is 8.39. The molecule has 0 aliphatic carbocycles. The predicted molar refractivity (Wildman–Crippen MR) is 99.0 cm³/mol. The Bertz CT molecular complexity index is 1190. The molecule has 2 heterocycles. The molecule has 136 valence electrons. The van der Waals surface area contributed by atoms with E-state index in [0.29, 0.717) is 16.5 Å². The molecule has 0 N–H and O–H groups in total. The van der Waals surface area contributed by atoms with Crippen LogP contribution >= 0.6 is 0 Å². The first-order valence-corrected chi connectivity index (χ1v) is 8.39. The number of carbonyl (C=O) groups is 1. The zero-order chi connectivity index (χ0) is 19.5. The molecule has 0 spiro atoms. The summed E-state index contributed by atoms with van der Waals surface area (Å²) >= 11 is 0. The molecule has 27 heavy (non-hydrogen) atoms. The summed E-state index contributed by atoms with van der Waals surface area (Å²) in [4.78, 5) is 37.9. The molecule has 0 saturated carbocycles. The Morgan fingerprint density at radius 3 is 2.52 bits per heavy atom. The first kappa shape index (κ1) is 17.0. The van der Waals surface area contributed by atoms with Crippen LogP contribution in [0.1, 0.15) is 38.9 Å². The second kappa shape index (κ2) is 5.77. The van der Waals surface area contributed by atoms with Gasteiger partial charge in [-0.1, -0.05) is 12.1 Å². The molecule has 1 amide bonds. The van der Waals surface area contributed by atoms with E-state index in [9.17, 15) is 19.7 Å². The molecule has 2 aromatic carbocycles. The van der Waals surface area contributed by atoms with Crippen LogP contribution in [0.4, 0.5) is 5.69 Å². The van der Waals surface area contributed by atoms with Crippen molar-refractivity contribution in [3.05, 3.63) is 84.7 Å². The number of nitro benzene ring substituents is 1. The van der Waals surface area contributed by atoms with E-state index in [4.69, 9.17) is 4.42 Å². The highest BCUT2D eigenvalue weighted by Crippen LogP contribution is 2.38. The van der Waals surface area contributed by atoms with Gasteiger partial charge >= 0.3 is 0 Å². The van der Waals surface area contributed by atoms with E-state index in [2.05, 4.69) is 0 Å². The van der Waals surface area contributed by atoms with E-state index in [0.717, 1.165) is 11.1 Å². The van der Waals surface area contributed by atoms with Crippen LogP contribution < -0.4 is 5.43 Å². The van der Waals surface area contributed by atoms with Crippen LogP contribution in [0.15, 0.2) is 45.6 Å². The Morgan fingerprint density at radius 2 is 1.81 bits per heavy atom. The van der Waals surface area contributed by atoms with Gasteiger partial charge < -0.3 is 9.32 Å². The number of carbonyl (C=O) groups excluding carboxylic acids is 1. The summed E-state index contributed by atoms with van der Waals surface area (Å²) < 4.78 is 5.81. The largest absolute Gasteiger partial charge is 0.450 e. The van der Waals surface area contributed by atoms with Crippen molar-refractivity contribution < 1.29 is 14.1 Å². The molecular formula is C20H16N2O5. The van der Waals surface area contributed by atoms with E-state index in [-0.39, 0.29) is 22.4 Å². The molecule has 0 radical (unpaired) electrons. The zero-order valence-corrected chi connectivity index (χ0v) is 15.0. The highest BCUT2D eigenvalue weighted by atomic mass is 16.6. The lowest BCUT2D eigenvalue weighted by molar-refractivity contribution is -0.384. The van der Waals surface area contributed by atoms with Gasteiger partial charge in [0.1, 0.15) is 5.58 Å². The number of hydrogen-bond acceptors (Lipinski definition) is 5. The number of rotatable bonds is 2. The molecular weight excluding hydrogens is 348 g/mol. The quantitative estimate of drug-likeness (QED) is 0.512. The van der Waals surface area contributed by atoms with Gasteiger partial charge in [-0.05, 0) is 42.7 Å². The van der Waals surface area contributed by atoms with E-state index < -0.39 is 16.9 Å². The fourth-order valence-corrected chi connectivity index (χ4v) is 3.54. The van der Waals surface area contributed by atoms with Crippen LogP contribution in [0, 0.1) is 24.0 Å². The molecule has 1 aliphatic rings. The fourth-order valence-electron chi connectivity index (χ4n) is 3.54. The van der Waals surface area contributed by atoms with Gasteiger partial charge in [-0.2, -0.15) is 0 Å². The molecule has 7 heteroatoms. The summed E-state index contributed by atoms with van der Waals surface area (Å²) in [5, 5.41) is 11.5. The van der Waals surface area contributed by atoms with Crippen molar-refractivity contribution in [2.24, 2.45) is 0 Å². The number of hydrogen-bond donors (Lipinski definition) is 0. The van der Waals surface area contributed by atoms with Crippen molar-refractivity contribution in [3.63, 3.8) is 0 Å². The number of aryl methyl sites for hydroxylation is 2. The third kappa shape index (κ3) is 2.43. The number of nitrogens with zero attached hydrogens (tertiary/aromatic N) is 2. The molecule has 7 nitrogen and oxygen atoms in total. The number of nitro groups is 1. The zero-order valence-electron chi connectivity index (χ0n) is 15.0. The summed E-state index contributed by atoms with van der Waals surface area (Å²) in [6.45, 7) is 3.80. The molecule has 0 fully saturated rings. The van der Waals surface area contributed by atoms with Crippen molar-refractivity contribution in [1.29, 1.82) is 0 Å². The Morgan fingerprint density at radius 1 is 1.11 bits per heavy atom. The van der Waals surface area contributed by atoms with Crippen molar-refractivity contribution in [2.75, 3.05) is 7.05 Å². The summed E-state index contributed by atoms with van der Waals surface area (Å²) in [6.07, 6.45) is 0. The van der Waals surface area contributed by atoms with Gasteiger partial charge in [0.15, 0.2) is 5.43 Å². The predicted octanol–water partition coefficient (Wildman–Crippen LogP) is 3.49. The highest BCUT2D eigenvalue weighted by Gasteiger charge is 2.41. The van der Waals surface area contributed by atoms with E-state index in [1.54, 1.807) is 31.3 Å². The third-order valence-corrected chi connectivity index (χ3v) is 5.11. The minimum atomic E-state index is -0.727. The topological polar surface area (TPSA) is 93.7 Å². The molecule has 1 aliphatic heterocycles. The van der Waals surface area contributed by atoms with Gasteiger partial charge in [0.05, 0.1) is 21.9 Å². The Hall–Kier alpha value is -3.48. The maximum atomic E-state index is 13.2. The minimum absolute atomic E-state index is 0.00485. The van der Waals surface area contributed by atoms with Gasteiger partial charge in [-0.15, -0.1) is 0 Å². The molecule has 4 rings (SSSR count). The van der Waals surface area contributed by atoms with Crippen molar-refractivity contribution in [3.8, 4) is 0 Å². The van der Waals surface area contributed by atoms with Gasteiger partial charge in [0.25, 0.3) is 11.6 Å². The van der Waals surface area contributed by atoms with Gasteiger partial charge in [0, 0.05) is 19.2 Å². The van der Waals surface area contributed by atoms with Gasteiger partial charge in [-0.3, -0.25) is 19.7 Å². The Balaban J connectivity index is 2.01. The number of non-ortho nitro benzene ring substituents is 1. The van der Waals surface area contributed by atoms with Crippen molar-refractivity contribution >= 4 is 22.6 Å². The smallest absolute Gasteiger partial charge is 0.290 e. The summed E-state index contributed by atoms with van der Waals surface area (Å²) in [6, 6.07) is 8.74. The third-order valence-electron chi connectivity index (χ3n) is 5.11. The normalized spacial score (nSPS) is 16.0. The lowest BCUT2D eigenvalue weighted by Crippen LogP contribution is -2.25. The monoisotopic (exact) mass is 364 g/mol. The van der Waals surface area contributed by atoms with E-state index in [1.807, 2.05) is 13.8 Å². The maximum absolute atomic E-state index is 13.2. The van der Waals surface area contributed by atoms with Crippen LogP contribution in [0.25, 0.3) is 11.0 Å². The van der Waals surface area contributed by atoms with Gasteiger partial charge in [-0.25, -0.2) is 0 Å². The van der Waals surface area contributed by atoms with Crippen LogP contribution in [-0.2, 0) is 0 Å². The standard InChI is InChI=1S/C20H16N2O5/c1-10-7-14-15(8-11(10)2)27-19-16(18(14)23)17(21(3)20(19)24)12-5-4-6-13(9-12)22(25)26/h4-9,17H,1-3H3. The molecule has 1 unspecified atom stereocenters. The summed E-state index contributed by atoms with van der Waals surface area (Å²) in [5.41, 5.74) is 2.59. The summed E-state index contributed by atoms with van der Waals surface area (Å²) in [5.74, 6) is -0.423. The molecule has 3 aromatic rings. The lowest BCUT2D eigenvalue weighted by atomic mass is 9.97. The first-order chi connectivity index (χ1) is 12.8. The van der Waals surface area contributed by atoms with Crippen molar-refractivity contribution in [1.82, 2.24) is 4.90 Å². The highest BCUT2D eigenvalue weighted by molar-refractivity contribution is 5.99. The SMILES string of the molecule is Cc1cc2oc3c(c(=O)c2cc1C)C(c1cccc([N+](=O)[O-])c1)N(C)C3=O. The second-order valence-electron chi connectivity index (χ2n) is 6.78. The van der Waals surface area contributed by atoms with E-state index >= 15 is 0 Å². The Labute approximate surface area is 154 Å². The van der Waals surface area contributed by atoms with Crippen LogP contribution in [0.3, 0.4) is 0 Å². The summed E-state index contributed by atoms with van der Waals surface area (Å²) in [7, 11) is 1.56. The number of benzene rings is 2. The molecule has 1 atom stereocenters. The van der Waals surface area contributed by atoms with Crippen molar-refractivity contribution in [2.45, 2.75) is 19.9 Å². The number of fused-ring (bicyclic) bond motifs is 2. The number of amides is 1. The molecule has 0 bridgehead atoms. The van der Waals surface area contributed by atoms with E-state index in [1.165, 1.54) is 17.0 Å². The van der Waals surface area contributed by atoms with Gasteiger partial charge in [0.2, 0.25) is 5.76 Å².